The van der Waals surface area contributed by atoms with E-state index in [1.807, 2.05) is 18.2 Å². The fourth-order valence-corrected chi connectivity index (χ4v) is 3.30. The second-order valence-electron chi connectivity index (χ2n) is 6.20. The highest BCUT2D eigenvalue weighted by Crippen LogP contribution is 2.34. The number of hydrogen-bond donors (Lipinski definition) is 1. The van der Waals surface area contributed by atoms with Gasteiger partial charge in [0.15, 0.2) is 0 Å². The van der Waals surface area contributed by atoms with E-state index < -0.39 is 6.10 Å². The Morgan fingerprint density at radius 1 is 1.10 bits per heavy atom. The predicted molar refractivity (Wildman–Crippen MR) is 86.7 cm³/mol. The minimum Gasteiger partial charge on any atom is -0.492 e. The molecule has 0 saturated heterocycles. The smallest absolute Gasteiger partial charge is 0.132 e. The van der Waals surface area contributed by atoms with Crippen LogP contribution in [0.1, 0.15) is 50.7 Å². The maximum absolute atomic E-state index is 10.0. The lowest BCUT2D eigenvalue weighted by Gasteiger charge is -2.23. The molecule has 1 atom stereocenters. The van der Waals surface area contributed by atoms with Crippen LogP contribution >= 0.6 is 0 Å². The first-order valence-corrected chi connectivity index (χ1v) is 8.08. The molecule has 3 rings (SSSR count). The largest absolute Gasteiger partial charge is 0.492 e. The van der Waals surface area contributed by atoms with Crippen LogP contribution in [0.3, 0.4) is 0 Å². The lowest BCUT2D eigenvalue weighted by atomic mass is 9.90. The summed E-state index contributed by atoms with van der Waals surface area (Å²) in [6, 6.07) is 12.3. The average Bonchev–Trinajstić information content (AvgIpc) is 2.53. The van der Waals surface area contributed by atoms with E-state index in [1.165, 1.54) is 37.5 Å². The minimum atomic E-state index is -0.504. The first-order chi connectivity index (χ1) is 10.3. The Labute approximate surface area is 126 Å². The molecule has 2 nitrogen and oxygen atoms in total. The number of aliphatic hydroxyl groups excluding tert-OH is 1. The Kier molecular flexibility index (Phi) is 4.45. The molecule has 0 heterocycles. The quantitative estimate of drug-likeness (QED) is 0.869. The Bertz CT molecular complexity index is 598. The lowest BCUT2D eigenvalue weighted by Crippen LogP contribution is -2.16. The molecule has 1 unspecified atom stereocenters. The molecule has 0 amide bonds. The van der Waals surface area contributed by atoms with Crippen molar-refractivity contribution >= 4 is 10.8 Å². The van der Waals surface area contributed by atoms with Gasteiger partial charge in [0.2, 0.25) is 0 Å². The SMILES string of the molecule is CC(O)c1ccc2ccccc2c1OCC1CCCCC1. The molecule has 1 saturated carbocycles. The summed E-state index contributed by atoms with van der Waals surface area (Å²) in [5.41, 5.74) is 0.893. The van der Waals surface area contributed by atoms with Gasteiger partial charge in [-0.3, -0.25) is 0 Å². The van der Waals surface area contributed by atoms with E-state index in [9.17, 15) is 5.11 Å². The molecule has 1 fully saturated rings. The summed E-state index contributed by atoms with van der Waals surface area (Å²) in [4.78, 5) is 0. The molecule has 2 aromatic carbocycles. The van der Waals surface area contributed by atoms with Crippen LogP contribution in [0.5, 0.6) is 5.75 Å². The highest BCUT2D eigenvalue weighted by Gasteiger charge is 2.17. The van der Waals surface area contributed by atoms with Gasteiger partial charge in [0.1, 0.15) is 5.75 Å². The third-order valence-corrected chi connectivity index (χ3v) is 4.55. The first-order valence-electron chi connectivity index (χ1n) is 8.08. The van der Waals surface area contributed by atoms with Gasteiger partial charge in [-0.25, -0.2) is 0 Å². The van der Waals surface area contributed by atoms with Gasteiger partial charge >= 0.3 is 0 Å². The van der Waals surface area contributed by atoms with Crippen LogP contribution in [0.4, 0.5) is 0 Å². The van der Waals surface area contributed by atoms with Crippen LogP contribution in [0.2, 0.25) is 0 Å². The van der Waals surface area contributed by atoms with E-state index in [4.69, 9.17) is 4.74 Å². The zero-order chi connectivity index (χ0) is 14.7. The molecule has 112 valence electrons. The topological polar surface area (TPSA) is 29.5 Å². The van der Waals surface area contributed by atoms with Crippen molar-refractivity contribution in [2.45, 2.75) is 45.1 Å². The molecule has 2 aromatic rings. The van der Waals surface area contributed by atoms with Gasteiger partial charge in [0.05, 0.1) is 12.7 Å². The highest BCUT2D eigenvalue weighted by atomic mass is 16.5. The van der Waals surface area contributed by atoms with E-state index in [0.29, 0.717) is 5.92 Å². The van der Waals surface area contributed by atoms with Gasteiger partial charge in [0.25, 0.3) is 0 Å². The van der Waals surface area contributed by atoms with Crippen molar-refractivity contribution in [2.24, 2.45) is 5.92 Å². The minimum absolute atomic E-state index is 0.504. The second-order valence-corrected chi connectivity index (χ2v) is 6.20. The zero-order valence-corrected chi connectivity index (χ0v) is 12.7. The molecular formula is C19H24O2. The van der Waals surface area contributed by atoms with E-state index in [1.54, 1.807) is 6.92 Å². The average molecular weight is 284 g/mol. The van der Waals surface area contributed by atoms with Crippen molar-refractivity contribution in [3.63, 3.8) is 0 Å². The Hall–Kier alpha value is -1.54. The van der Waals surface area contributed by atoms with Crippen LogP contribution in [0.15, 0.2) is 36.4 Å². The Morgan fingerprint density at radius 3 is 2.62 bits per heavy atom. The standard InChI is InChI=1S/C19H24O2/c1-14(20)17-12-11-16-9-5-6-10-18(16)19(17)21-13-15-7-3-2-4-8-15/h5-6,9-12,14-15,20H,2-4,7-8,13H2,1H3. The van der Waals surface area contributed by atoms with Crippen molar-refractivity contribution in [2.75, 3.05) is 6.61 Å². The molecule has 0 radical (unpaired) electrons. The molecule has 21 heavy (non-hydrogen) atoms. The van der Waals surface area contributed by atoms with E-state index in [0.717, 1.165) is 23.3 Å². The maximum atomic E-state index is 10.0. The van der Waals surface area contributed by atoms with Crippen LogP contribution < -0.4 is 4.74 Å². The van der Waals surface area contributed by atoms with E-state index >= 15 is 0 Å². The van der Waals surface area contributed by atoms with Crippen LogP contribution in [0.25, 0.3) is 10.8 Å². The molecule has 0 spiro atoms. The molecule has 1 aliphatic carbocycles. The summed E-state index contributed by atoms with van der Waals surface area (Å²) in [6.07, 6.45) is 6.06. The predicted octanol–water partition coefficient (Wildman–Crippen LogP) is 4.85. The molecule has 0 aliphatic heterocycles. The Morgan fingerprint density at radius 2 is 1.86 bits per heavy atom. The van der Waals surface area contributed by atoms with Crippen LogP contribution in [-0.4, -0.2) is 11.7 Å². The van der Waals surface area contributed by atoms with Crippen molar-refractivity contribution < 1.29 is 9.84 Å². The fraction of sp³-hybridized carbons (Fsp3) is 0.474. The van der Waals surface area contributed by atoms with Crippen molar-refractivity contribution in [1.29, 1.82) is 0 Å². The van der Waals surface area contributed by atoms with Gasteiger partial charge < -0.3 is 9.84 Å². The molecule has 0 bridgehead atoms. The molecule has 1 aliphatic rings. The number of ether oxygens (including phenoxy) is 1. The van der Waals surface area contributed by atoms with Crippen molar-refractivity contribution in [3.8, 4) is 5.75 Å². The van der Waals surface area contributed by atoms with Crippen molar-refractivity contribution in [1.82, 2.24) is 0 Å². The summed E-state index contributed by atoms with van der Waals surface area (Å²) < 4.78 is 6.19. The summed E-state index contributed by atoms with van der Waals surface area (Å²) in [6.45, 7) is 2.57. The monoisotopic (exact) mass is 284 g/mol. The number of fused-ring (bicyclic) bond motifs is 1. The van der Waals surface area contributed by atoms with Gasteiger partial charge in [-0.15, -0.1) is 0 Å². The molecule has 2 heteroatoms. The summed E-state index contributed by atoms with van der Waals surface area (Å²) in [5, 5.41) is 12.3. The zero-order valence-electron chi connectivity index (χ0n) is 12.7. The molecular weight excluding hydrogens is 260 g/mol. The van der Waals surface area contributed by atoms with Crippen LogP contribution in [0, 0.1) is 5.92 Å². The highest BCUT2D eigenvalue weighted by molar-refractivity contribution is 5.89. The Balaban J connectivity index is 1.88. The third kappa shape index (κ3) is 3.21. The number of rotatable bonds is 4. The van der Waals surface area contributed by atoms with Gasteiger partial charge in [0, 0.05) is 10.9 Å². The van der Waals surface area contributed by atoms with E-state index in [2.05, 4.69) is 18.2 Å². The number of benzene rings is 2. The summed E-state index contributed by atoms with van der Waals surface area (Å²) in [7, 11) is 0. The van der Waals surface area contributed by atoms with Crippen LogP contribution in [-0.2, 0) is 0 Å². The van der Waals surface area contributed by atoms with Crippen molar-refractivity contribution in [3.05, 3.63) is 42.0 Å². The van der Waals surface area contributed by atoms with Gasteiger partial charge in [-0.05, 0) is 31.1 Å². The maximum Gasteiger partial charge on any atom is 0.132 e. The lowest BCUT2D eigenvalue weighted by molar-refractivity contribution is 0.179. The van der Waals surface area contributed by atoms with Gasteiger partial charge in [-0.2, -0.15) is 0 Å². The molecule has 0 aromatic heterocycles. The summed E-state index contributed by atoms with van der Waals surface area (Å²) >= 11 is 0. The number of aliphatic hydroxyl groups is 1. The number of hydrogen-bond acceptors (Lipinski definition) is 2. The van der Waals surface area contributed by atoms with E-state index in [-0.39, 0.29) is 0 Å². The molecule has 1 N–H and O–H groups in total. The second kappa shape index (κ2) is 6.48. The first kappa shape index (κ1) is 14.4. The normalized spacial score (nSPS) is 17.8. The van der Waals surface area contributed by atoms with Gasteiger partial charge in [-0.1, -0.05) is 55.7 Å². The summed E-state index contributed by atoms with van der Waals surface area (Å²) in [5.74, 6) is 1.54. The fourth-order valence-electron chi connectivity index (χ4n) is 3.30. The third-order valence-electron chi connectivity index (χ3n) is 4.55.